The summed E-state index contributed by atoms with van der Waals surface area (Å²) in [5.41, 5.74) is 1.95. The van der Waals surface area contributed by atoms with Crippen LogP contribution in [0.2, 0.25) is 0 Å². The third-order valence-electron chi connectivity index (χ3n) is 5.75. The van der Waals surface area contributed by atoms with Crippen LogP contribution in [-0.2, 0) is 6.54 Å². The van der Waals surface area contributed by atoms with E-state index in [1.165, 1.54) is 24.3 Å². The van der Waals surface area contributed by atoms with E-state index in [4.69, 9.17) is 0 Å². The van der Waals surface area contributed by atoms with E-state index in [0.717, 1.165) is 48.1 Å². The predicted octanol–water partition coefficient (Wildman–Crippen LogP) is 3.97. The Labute approximate surface area is 188 Å². The zero-order valence-corrected chi connectivity index (χ0v) is 18.1. The van der Waals surface area contributed by atoms with Crippen molar-refractivity contribution in [3.05, 3.63) is 93.9 Å². The molecule has 32 heavy (non-hydrogen) atoms. The van der Waals surface area contributed by atoms with Gasteiger partial charge in [-0.15, -0.1) is 16.4 Å². The number of benzene rings is 2. The van der Waals surface area contributed by atoms with Gasteiger partial charge in [-0.05, 0) is 63.8 Å². The van der Waals surface area contributed by atoms with Crippen molar-refractivity contribution in [3.63, 3.8) is 0 Å². The molecule has 6 nitrogen and oxygen atoms in total. The molecule has 0 N–H and O–H groups in total. The lowest BCUT2D eigenvalue weighted by atomic mass is 10.0. The Morgan fingerprint density at radius 3 is 2.22 bits per heavy atom. The molecule has 4 aromatic rings. The van der Waals surface area contributed by atoms with Gasteiger partial charge in [0.15, 0.2) is 5.82 Å². The van der Waals surface area contributed by atoms with Gasteiger partial charge in [0, 0.05) is 36.7 Å². The van der Waals surface area contributed by atoms with Crippen molar-refractivity contribution in [2.45, 2.75) is 12.6 Å². The summed E-state index contributed by atoms with van der Waals surface area (Å²) in [5.74, 6) is 0.230. The number of hydrogen-bond acceptors (Lipinski definition) is 6. The van der Waals surface area contributed by atoms with E-state index in [9.17, 15) is 8.78 Å². The first-order valence-electron chi connectivity index (χ1n) is 10.5. The van der Waals surface area contributed by atoms with Gasteiger partial charge in [-0.1, -0.05) is 18.2 Å². The highest BCUT2D eigenvalue weighted by Gasteiger charge is 2.31. The first-order chi connectivity index (χ1) is 15.7. The molecule has 1 atom stereocenters. The number of tetrazole rings is 1. The van der Waals surface area contributed by atoms with Crippen LogP contribution in [0.25, 0.3) is 0 Å². The van der Waals surface area contributed by atoms with Crippen molar-refractivity contribution in [3.8, 4) is 0 Å². The highest BCUT2D eigenvalue weighted by molar-refractivity contribution is 7.09. The van der Waals surface area contributed by atoms with Crippen molar-refractivity contribution in [2.24, 2.45) is 0 Å². The van der Waals surface area contributed by atoms with Gasteiger partial charge in [0.1, 0.15) is 11.6 Å². The Morgan fingerprint density at radius 2 is 1.56 bits per heavy atom. The second-order valence-electron chi connectivity index (χ2n) is 7.73. The van der Waals surface area contributed by atoms with Crippen molar-refractivity contribution in [1.82, 2.24) is 25.1 Å². The highest BCUT2D eigenvalue weighted by atomic mass is 32.1. The summed E-state index contributed by atoms with van der Waals surface area (Å²) in [7, 11) is 0. The highest BCUT2D eigenvalue weighted by Crippen LogP contribution is 2.30. The second-order valence-corrected chi connectivity index (χ2v) is 8.76. The van der Waals surface area contributed by atoms with Gasteiger partial charge in [-0.2, -0.15) is 0 Å². The number of halogens is 2. The van der Waals surface area contributed by atoms with Crippen LogP contribution in [0.3, 0.4) is 0 Å². The minimum atomic E-state index is -0.271. The molecule has 1 aliphatic rings. The number of thiophene rings is 1. The van der Waals surface area contributed by atoms with Crippen LogP contribution in [-0.4, -0.2) is 51.3 Å². The Bertz CT molecular complexity index is 1140. The fourth-order valence-corrected chi connectivity index (χ4v) is 4.81. The molecule has 9 heteroatoms. The number of anilines is 1. The van der Waals surface area contributed by atoms with Crippen LogP contribution < -0.4 is 4.90 Å². The lowest BCUT2D eigenvalue weighted by Crippen LogP contribution is -2.48. The standard InChI is InChI=1S/C23H22F2N6S/c24-18-5-3-17(4-6-18)22(23-26-27-28-31(23)16-21-2-1-15-32-21)30-13-11-29(12-14-30)20-9-7-19(25)8-10-20/h1-10,15,22H,11-14,16H2. The second kappa shape index (κ2) is 9.13. The zero-order valence-electron chi connectivity index (χ0n) is 17.3. The van der Waals surface area contributed by atoms with Crippen LogP contribution in [0.15, 0.2) is 66.0 Å². The summed E-state index contributed by atoms with van der Waals surface area (Å²) >= 11 is 1.66. The lowest BCUT2D eigenvalue weighted by Gasteiger charge is -2.39. The molecule has 1 fully saturated rings. The average molecular weight is 453 g/mol. The molecule has 0 aliphatic carbocycles. The first kappa shape index (κ1) is 20.7. The summed E-state index contributed by atoms with van der Waals surface area (Å²) in [6.07, 6.45) is 0. The fraction of sp³-hybridized carbons (Fsp3) is 0.261. The summed E-state index contributed by atoms with van der Waals surface area (Å²) in [6.45, 7) is 3.70. The third kappa shape index (κ3) is 4.39. The summed E-state index contributed by atoms with van der Waals surface area (Å²) in [4.78, 5) is 5.73. The molecule has 3 heterocycles. The van der Waals surface area contributed by atoms with Gasteiger partial charge >= 0.3 is 0 Å². The maximum Gasteiger partial charge on any atom is 0.173 e. The molecule has 1 unspecified atom stereocenters. The molecular weight excluding hydrogens is 430 g/mol. The van der Waals surface area contributed by atoms with E-state index >= 15 is 0 Å². The van der Waals surface area contributed by atoms with Crippen LogP contribution in [0.5, 0.6) is 0 Å². The average Bonchev–Trinajstić information content (AvgIpc) is 3.49. The van der Waals surface area contributed by atoms with Crippen molar-refractivity contribution >= 4 is 17.0 Å². The van der Waals surface area contributed by atoms with Crippen molar-refractivity contribution in [1.29, 1.82) is 0 Å². The van der Waals surface area contributed by atoms with Gasteiger partial charge in [0.2, 0.25) is 0 Å². The smallest absolute Gasteiger partial charge is 0.173 e. The van der Waals surface area contributed by atoms with Gasteiger partial charge in [0.05, 0.1) is 12.6 Å². The summed E-state index contributed by atoms with van der Waals surface area (Å²) in [6, 6.07) is 17.0. The maximum absolute atomic E-state index is 13.6. The van der Waals surface area contributed by atoms with Crippen molar-refractivity contribution < 1.29 is 8.78 Å². The van der Waals surface area contributed by atoms with E-state index < -0.39 is 0 Å². The van der Waals surface area contributed by atoms with E-state index in [1.807, 2.05) is 28.3 Å². The monoisotopic (exact) mass is 452 g/mol. The molecule has 0 bridgehead atoms. The number of rotatable bonds is 6. The quantitative estimate of drug-likeness (QED) is 0.443. The SMILES string of the molecule is Fc1ccc(C(c2nnnn2Cc2cccs2)N2CCN(c3ccc(F)cc3)CC2)cc1. The summed E-state index contributed by atoms with van der Waals surface area (Å²) < 4.78 is 28.8. The van der Waals surface area contributed by atoms with E-state index in [2.05, 4.69) is 31.4 Å². The van der Waals surface area contributed by atoms with Crippen LogP contribution in [0.1, 0.15) is 22.3 Å². The number of nitrogens with zero attached hydrogens (tertiary/aromatic N) is 6. The number of aromatic nitrogens is 4. The predicted molar refractivity (Wildman–Crippen MR) is 120 cm³/mol. The third-order valence-corrected chi connectivity index (χ3v) is 6.61. The molecule has 0 spiro atoms. The Balaban J connectivity index is 1.41. The van der Waals surface area contributed by atoms with Gasteiger partial charge in [-0.3, -0.25) is 4.90 Å². The zero-order chi connectivity index (χ0) is 21.9. The molecule has 1 saturated heterocycles. The molecule has 2 aromatic heterocycles. The normalized spacial score (nSPS) is 15.8. The van der Waals surface area contributed by atoms with E-state index in [-0.39, 0.29) is 17.7 Å². The van der Waals surface area contributed by atoms with Crippen LogP contribution in [0, 0.1) is 11.6 Å². The topological polar surface area (TPSA) is 50.1 Å². The van der Waals surface area contributed by atoms with Gasteiger partial charge in [0.25, 0.3) is 0 Å². The molecule has 5 rings (SSSR count). The van der Waals surface area contributed by atoms with Gasteiger partial charge < -0.3 is 4.90 Å². The van der Waals surface area contributed by atoms with Crippen molar-refractivity contribution in [2.75, 3.05) is 31.1 Å². The van der Waals surface area contributed by atoms with E-state index in [1.54, 1.807) is 23.5 Å². The Kier molecular flexibility index (Phi) is 5.91. The number of piperazine rings is 1. The molecule has 1 aliphatic heterocycles. The Hall–Kier alpha value is -3.17. The minimum absolute atomic E-state index is 0.194. The molecule has 2 aromatic carbocycles. The lowest BCUT2D eigenvalue weighted by molar-refractivity contribution is 0.201. The Morgan fingerprint density at radius 1 is 0.875 bits per heavy atom. The van der Waals surface area contributed by atoms with Gasteiger partial charge in [-0.25, -0.2) is 13.5 Å². The molecule has 0 saturated carbocycles. The fourth-order valence-electron chi connectivity index (χ4n) is 4.13. The van der Waals surface area contributed by atoms with Crippen LogP contribution in [0.4, 0.5) is 14.5 Å². The molecule has 0 amide bonds. The molecular formula is C23H22F2N6S. The molecule has 0 radical (unpaired) electrons. The largest absolute Gasteiger partial charge is 0.369 e. The van der Waals surface area contributed by atoms with Crippen LogP contribution >= 0.6 is 11.3 Å². The molecule has 164 valence electrons. The van der Waals surface area contributed by atoms with E-state index in [0.29, 0.717) is 6.54 Å². The first-order valence-corrected chi connectivity index (χ1v) is 11.3. The number of hydrogen-bond donors (Lipinski definition) is 0. The summed E-state index contributed by atoms with van der Waals surface area (Å²) in [5, 5.41) is 14.6. The minimum Gasteiger partial charge on any atom is -0.369 e. The maximum atomic E-state index is 13.6.